The first-order valence-corrected chi connectivity index (χ1v) is 5.80. The average molecular weight is 232 g/mol. The first-order chi connectivity index (χ1) is 8.17. The SMILES string of the molecule is CCC(C(=O)O)=C1CCc2cc(OC)ccc21. The molecule has 17 heavy (non-hydrogen) atoms. The van der Waals surface area contributed by atoms with E-state index >= 15 is 0 Å². The molecule has 0 spiro atoms. The summed E-state index contributed by atoms with van der Waals surface area (Å²) in [4.78, 5) is 11.2. The summed E-state index contributed by atoms with van der Waals surface area (Å²) in [6.07, 6.45) is 2.28. The minimum absolute atomic E-state index is 0.536. The molecule has 1 aromatic carbocycles. The quantitative estimate of drug-likeness (QED) is 0.815. The summed E-state index contributed by atoms with van der Waals surface area (Å²) in [5.41, 5.74) is 3.78. The highest BCUT2D eigenvalue weighted by Gasteiger charge is 2.22. The Kier molecular flexibility index (Phi) is 3.18. The van der Waals surface area contributed by atoms with Gasteiger partial charge in [-0.05, 0) is 48.1 Å². The fourth-order valence-electron chi connectivity index (χ4n) is 2.40. The van der Waals surface area contributed by atoms with Gasteiger partial charge in [-0.3, -0.25) is 0 Å². The first kappa shape index (κ1) is 11.7. The van der Waals surface area contributed by atoms with Gasteiger partial charge < -0.3 is 9.84 Å². The number of methoxy groups -OCH3 is 1. The molecule has 0 amide bonds. The van der Waals surface area contributed by atoms with Crippen molar-refractivity contribution in [3.8, 4) is 5.75 Å². The van der Waals surface area contributed by atoms with Crippen molar-refractivity contribution in [1.82, 2.24) is 0 Å². The van der Waals surface area contributed by atoms with Crippen LogP contribution in [-0.4, -0.2) is 18.2 Å². The zero-order valence-corrected chi connectivity index (χ0v) is 10.1. The predicted octanol–water partition coefficient (Wildman–Crippen LogP) is 2.89. The fraction of sp³-hybridized carbons (Fsp3) is 0.357. The molecule has 1 aliphatic carbocycles. The number of carbonyl (C=O) groups is 1. The molecule has 1 aromatic rings. The molecular formula is C14H16O3. The zero-order chi connectivity index (χ0) is 12.4. The molecule has 0 aliphatic heterocycles. The standard InChI is InChI=1S/C14H16O3/c1-3-11(14(15)16)13-6-4-9-8-10(17-2)5-7-12(9)13/h5,7-8H,3-4,6H2,1-2H3,(H,15,16). The Hall–Kier alpha value is -1.77. The molecule has 0 saturated heterocycles. The van der Waals surface area contributed by atoms with E-state index in [0.29, 0.717) is 12.0 Å². The maximum Gasteiger partial charge on any atom is 0.331 e. The molecule has 0 heterocycles. The number of hydrogen-bond acceptors (Lipinski definition) is 2. The van der Waals surface area contributed by atoms with Crippen LogP contribution in [0.2, 0.25) is 0 Å². The Morgan fingerprint density at radius 1 is 1.41 bits per heavy atom. The summed E-state index contributed by atoms with van der Waals surface area (Å²) in [7, 11) is 1.64. The second-order valence-electron chi connectivity index (χ2n) is 4.14. The summed E-state index contributed by atoms with van der Waals surface area (Å²) in [6.45, 7) is 1.89. The van der Waals surface area contributed by atoms with Gasteiger partial charge in [0.15, 0.2) is 0 Å². The van der Waals surface area contributed by atoms with Crippen molar-refractivity contribution in [2.45, 2.75) is 26.2 Å². The van der Waals surface area contributed by atoms with E-state index in [1.165, 1.54) is 5.56 Å². The van der Waals surface area contributed by atoms with E-state index in [2.05, 4.69) is 0 Å². The van der Waals surface area contributed by atoms with Crippen LogP contribution in [0.3, 0.4) is 0 Å². The van der Waals surface area contributed by atoms with Crippen LogP contribution in [0, 0.1) is 0 Å². The summed E-state index contributed by atoms with van der Waals surface area (Å²) in [6, 6.07) is 5.85. The fourth-order valence-corrected chi connectivity index (χ4v) is 2.40. The normalized spacial score (nSPS) is 16.6. The van der Waals surface area contributed by atoms with Crippen molar-refractivity contribution in [2.24, 2.45) is 0 Å². The third-order valence-electron chi connectivity index (χ3n) is 3.26. The maximum atomic E-state index is 11.2. The summed E-state index contributed by atoms with van der Waals surface area (Å²) < 4.78 is 5.18. The van der Waals surface area contributed by atoms with Gasteiger partial charge in [0.05, 0.1) is 7.11 Å². The number of rotatable bonds is 3. The number of allylic oxidation sites excluding steroid dienone is 1. The van der Waals surface area contributed by atoms with Crippen molar-refractivity contribution in [2.75, 3.05) is 7.11 Å². The van der Waals surface area contributed by atoms with Gasteiger partial charge in [-0.2, -0.15) is 0 Å². The molecule has 0 bridgehead atoms. The van der Waals surface area contributed by atoms with Crippen LogP contribution in [0.5, 0.6) is 5.75 Å². The molecule has 0 fully saturated rings. The Balaban J connectivity index is 2.50. The minimum atomic E-state index is -0.800. The van der Waals surface area contributed by atoms with Gasteiger partial charge in [0.1, 0.15) is 5.75 Å². The van der Waals surface area contributed by atoms with E-state index in [4.69, 9.17) is 4.74 Å². The average Bonchev–Trinajstić information content (AvgIpc) is 2.73. The van der Waals surface area contributed by atoms with E-state index in [-0.39, 0.29) is 0 Å². The lowest BCUT2D eigenvalue weighted by Crippen LogP contribution is -2.02. The topological polar surface area (TPSA) is 46.5 Å². The van der Waals surface area contributed by atoms with Gasteiger partial charge in [0, 0.05) is 5.57 Å². The lowest BCUT2D eigenvalue weighted by molar-refractivity contribution is -0.132. The second-order valence-corrected chi connectivity index (χ2v) is 4.14. The lowest BCUT2D eigenvalue weighted by atomic mass is 10.00. The molecule has 90 valence electrons. The number of fused-ring (bicyclic) bond motifs is 1. The Morgan fingerprint density at radius 2 is 2.18 bits per heavy atom. The Bertz CT molecular complexity index is 486. The largest absolute Gasteiger partial charge is 0.497 e. The van der Waals surface area contributed by atoms with Crippen molar-refractivity contribution in [3.63, 3.8) is 0 Å². The predicted molar refractivity (Wildman–Crippen MR) is 66.2 cm³/mol. The number of benzene rings is 1. The Labute approximate surface area is 101 Å². The van der Waals surface area contributed by atoms with Crippen LogP contribution in [0.1, 0.15) is 30.9 Å². The summed E-state index contributed by atoms with van der Waals surface area (Å²) >= 11 is 0. The first-order valence-electron chi connectivity index (χ1n) is 5.80. The van der Waals surface area contributed by atoms with Crippen LogP contribution in [0.25, 0.3) is 5.57 Å². The highest BCUT2D eigenvalue weighted by atomic mass is 16.5. The van der Waals surface area contributed by atoms with Gasteiger partial charge in [-0.15, -0.1) is 0 Å². The van der Waals surface area contributed by atoms with Crippen LogP contribution in [-0.2, 0) is 11.2 Å². The molecule has 1 aliphatic rings. The van der Waals surface area contributed by atoms with E-state index in [1.54, 1.807) is 7.11 Å². The van der Waals surface area contributed by atoms with Crippen molar-refractivity contribution in [1.29, 1.82) is 0 Å². The Morgan fingerprint density at radius 3 is 2.76 bits per heavy atom. The molecule has 0 saturated carbocycles. The van der Waals surface area contributed by atoms with Crippen LogP contribution in [0.15, 0.2) is 23.8 Å². The molecule has 0 aromatic heterocycles. The molecule has 0 atom stereocenters. The van der Waals surface area contributed by atoms with Gasteiger partial charge in [-0.25, -0.2) is 4.79 Å². The number of aliphatic carboxylic acids is 1. The van der Waals surface area contributed by atoms with E-state index in [1.807, 2.05) is 25.1 Å². The third kappa shape index (κ3) is 2.05. The van der Waals surface area contributed by atoms with Gasteiger partial charge in [-0.1, -0.05) is 13.0 Å². The van der Waals surface area contributed by atoms with Crippen molar-refractivity contribution < 1.29 is 14.6 Å². The van der Waals surface area contributed by atoms with E-state index < -0.39 is 5.97 Å². The monoisotopic (exact) mass is 232 g/mol. The maximum absolute atomic E-state index is 11.2. The molecule has 2 rings (SSSR count). The van der Waals surface area contributed by atoms with Crippen LogP contribution < -0.4 is 4.74 Å². The molecule has 0 unspecified atom stereocenters. The van der Waals surface area contributed by atoms with Crippen LogP contribution in [0.4, 0.5) is 0 Å². The molecule has 1 N–H and O–H groups in total. The van der Waals surface area contributed by atoms with Crippen LogP contribution >= 0.6 is 0 Å². The summed E-state index contributed by atoms with van der Waals surface area (Å²) in [5, 5.41) is 9.18. The number of carboxylic acid groups (broad SMARTS) is 1. The number of hydrogen-bond donors (Lipinski definition) is 1. The highest BCUT2D eigenvalue weighted by molar-refractivity contribution is 5.97. The molecular weight excluding hydrogens is 216 g/mol. The van der Waals surface area contributed by atoms with Crippen molar-refractivity contribution in [3.05, 3.63) is 34.9 Å². The van der Waals surface area contributed by atoms with Gasteiger partial charge in [0.2, 0.25) is 0 Å². The van der Waals surface area contributed by atoms with Gasteiger partial charge in [0.25, 0.3) is 0 Å². The van der Waals surface area contributed by atoms with E-state index in [9.17, 15) is 9.90 Å². The number of carboxylic acids is 1. The molecule has 3 heteroatoms. The van der Waals surface area contributed by atoms with Crippen molar-refractivity contribution >= 4 is 11.5 Å². The highest BCUT2D eigenvalue weighted by Crippen LogP contribution is 2.37. The number of aryl methyl sites for hydroxylation is 1. The second kappa shape index (κ2) is 4.62. The smallest absolute Gasteiger partial charge is 0.331 e. The summed E-state index contributed by atoms with van der Waals surface area (Å²) in [5.74, 6) is 0.0320. The minimum Gasteiger partial charge on any atom is -0.497 e. The molecule has 0 radical (unpaired) electrons. The van der Waals surface area contributed by atoms with E-state index in [0.717, 1.165) is 29.7 Å². The van der Waals surface area contributed by atoms with Gasteiger partial charge >= 0.3 is 5.97 Å². The molecule has 3 nitrogen and oxygen atoms in total. The number of ether oxygens (including phenoxy) is 1. The lowest BCUT2D eigenvalue weighted by Gasteiger charge is -2.07. The third-order valence-corrected chi connectivity index (χ3v) is 3.26. The zero-order valence-electron chi connectivity index (χ0n) is 10.1.